The second-order valence-corrected chi connectivity index (χ2v) is 6.59. The van der Waals surface area contributed by atoms with Gasteiger partial charge in [-0.15, -0.1) is 0 Å². The van der Waals surface area contributed by atoms with E-state index in [0.29, 0.717) is 5.92 Å². The van der Waals surface area contributed by atoms with Crippen molar-refractivity contribution in [3.05, 3.63) is 83.4 Å². The Labute approximate surface area is 139 Å². The van der Waals surface area contributed by atoms with Gasteiger partial charge < -0.3 is 0 Å². The smallest absolute Gasteiger partial charge is 0.00998 e. The minimum atomic E-state index is 0.531. The Morgan fingerprint density at radius 3 is 1.61 bits per heavy atom. The van der Waals surface area contributed by atoms with Crippen LogP contribution in [-0.4, -0.2) is 0 Å². The first-order valence-electron chi connectivity index (χ1n) is 8.34. The third-order valence-electron chi connectivity index (χ3n) is 4.58. The predicted octanol–water partition coefficient (Wildman–Crippen LogP) is 6.76. The van der Waals surface area contributed by atoms with E-state index in [2.05, 4.69) is 94.4 Å². The number of benzene rings is 3. The van der Waals surface area contributed by atoms with Crippen molar-refractivity contribution in [1.29, 1.82) is 0 Å². The quantitative estimate of drug-likeness (QED) is 0.501. The van der Waals surface area contributed by atoms with Crippen LogP contribution < -0.4 is 0 Å². The predicted molar refractivity (Wildman–Crippen MR) is 101 cm³/mol. The summed E-state index contributed by atoms with van der Waals surface area (Å²) in [7, 11) is 0. The summed E-state index contributed by atoms with van der Waals surface area (Å²) in [4.78, 5) is 0. The summed E-state index contributed by atoms with van der Waals surface area (Å²) in [5.74, 6) is 0.531. The molecule has 0 aromatic heterocycles. The van der Waals surface area contributed by atoms with E-state index in [0.717, 1.165) is 0 Å². The monoisotopic (exact) mass is 300 g/mol. The Hall–Kier alpha value is -2.34. The maximum Gasteiger partial charge on any atom is -0.00998 e. The van der Waals surface area contributed by atoms with Gasteiger partial charge in [0.05, 0.1) is 0 Å². The molecule has 3 aromatic carbocycles. The minimum Gasteiger partial charge on any atom is -0.0620 e. The van der Waals surface area contributed by atoms with Gasteiger partial charge >= 0.3 is 0 Å². The number of hydrogen-bond donors (Lipinski definition) is 0. The molecule has 0 bridgehead atoms. The van der Waals surface area contributed by atoms with Crippen molar-refractivity contribution in [1.82, 2.24) is 0 Å². The molecular weight excluding hydrogens is 276 g/mol. The summed E-state index contributed by atoms with van der Waals surface area (Å²) in [6.07, 6.45) is 0. The molecule has 116 valence electrons. The molecule has 0 atom stereocenters. The van der Waals surface area contributed by atoms with Gasteiger partial charge in [0, 0.05) is 0 Å². The third kappa shape index (κ3) is 3.07. The second kappa shape index (κ2) is 6.42. The summed E-state index contributed by atoms with van der Waals surface area (Å²) in [6.45, 7) is 8.89. The van der Waals surface area contributed by atoms with E-state index < -0.39 is 0 Å². The van der Waals surface area contributed by atoms with Gasteiger partial charge in [0.25, 0.3) is 0 Å². The largest absolute Gasteiger partial charge is 0.0620 e. The molecule has 3 aromatic rings. The van der Waals surface area contributed by atoms with Crippen LogP contribution in [-0.2, 0) is 0 Å². The normalized spacial score (nSPS) is 11.0. The first-order chi connectivity index (χ1) is 11.1. The van der Waals surface area contributed by atoms with Crippen molar-refractivity contribution < 1.29 is 0 Å². The van der Waals surface area contributed by atoms with Crippen molar-refractivity contribution in [2.75, 3.05) is 0 Å². The van der Waals surface area contributed by atoms with E-state index >= 15 is 0 Å². The lowest BCUT2D eigenvalue weighted by atomic mass is 9.87. The standard InChI is InChI=1S/C23H24/c1-16(2)19-13-14-22(20-11-7-5-9-17(20)3)23(15-19)21-12-8-6-10-18(21)4/h5-16H,1-4H3. The van der Waals surface area contributed by atoms with Crippen molar-refractivity contribution in [3.8, 4) is 22.3 Å². The maximum absolute atomic E-state index is 2.37. The highest BCUT2D eigenvalue weighted by Crippen LogP contribution is 2.37. The Morgan fingerprint density at radius 2 is 1.09 bits per heavy atom. The lowest BCUT2D eigenvalue weighted by Gasteiger charge is -2.17. The van der Waals surface area contributed by atoms with Gasteiger partial charge in [-0.1, -0.05) is 80.6 Å². The Morgan fingerprint density at radius 1 is 0.565 bits per heavy atom. The molecule has 23 heavy (non-hydrogen) atoms. The van der Waals surface area contributed by atoms with Gasteiger partial charge in [-0.05, 0) is 58.7 Å². The minimum absolute atomic E-state index is 0.531. The number of rotatable bonds is 3. The second-order valence-electron chi connectivity index (χ2n) is 6.59. The number of hydrogen-bond acceptors (Lipinski definition) is 0. The van der Waals surface area contributed by atoms with Crippen molar-refractivity contribution in [3.63, 3.8) is 0 Å². The molecule has 0 aliphatic rings. The van der Waals surface area contributed by atoms with E-state index in [1.165, 1.54) is 38.9 Å². The summed E-state index contributed by atoms with van der Waals surface area (Å²) in [5, 5.41) is 0. The van der Waals surface area contributed by atoms with E-state index in [9.17, 15) is 0 Å². The van der Waals surface area contributed by atoms with Gasteiger partial charge in [-0.3, -0.25) is 0 Å². The van der Waals surface area contributed by atoms with E-state index in [1.54, 1.807) is 0 Å². The molecule has 0 aliphatic carbocycles. The molecule has 0 fully saturated rings. The molecule has 3 rings (SSSR count). The van der Waals surface area contributed by atoms with Crippen LogP contribution in [0.1, 0.15) is 36.5 Å². The van der Waals surface area contributed by atoms with Crippen LogP contribution in [0.3, 0.4) is 0 Å². The summed E-state index contributed by atoms with van der Waals surface area (Å²) >= 11 is 0. The van der Waals surface area contributed by atoms with E-state index in [-0.39, 0.29) is 0 Å². The van der Waals surface area contributed by atoms with E-state index in [4.69, 9.17) is 0 Å². The van der Waals surface area contributed by atoms with Crippen LogP contribution in [0.15, 0.2) is 66.7 Å². The maximum atomic E-state index is 2.37. The SMILES string of the molecule is Cc1ccccc1-c1ccc(C(C)C)cc1-c1ccccc1C. The van der Waals surface area contributed by atoms with Crippen LogP contribution in [0.4, 0.5) is 0 Å². The van der Waals surface area contributed by atoms with Gasteiger partial charge in [-0.25, -0.2) is 0 Å². The summed E-state index contributed by atoms with van der Waals surface area (Å²) in [5.41, 5.74) is 9.34. The van der Waals surface area contributed by atoms with Crippen LogP contribution in [0.2, 0.25) is 0 Å². The molecule has 0 unspecified atom stereocenters. The van der Waals surface area contributed by atoms with Gasteiger partial charge in [0.15, 0.2) is 0 Å². The van der Waals surface area contributed by atoms with Gasteiger partial charge in [-0.2, -0.15) is 0 Å². The number of aryl methyl sites for hydroxylation is 2. The van der Waals surface area contributed by atoms with Crippen molar-refractivity contribution >= 4 is 0 Å². The Bertz CT molecular complexity index is 825. The zero-order valence-electron chi connectivity index (χ0n) is 14.4. The van der Waals surface area contributed by atoms with Crippen LogP contribution in [0.5, 0.6) is 0 Å². The molecule has 0 saturated carbocycles. The topological polar surface area (TPSA) is 0 Å². The Kier molecular flexibility index (Phi) is 4.34. The lowest BCUT2D eigenvalue weighted by Crippen LogP contribution is -1.94. The molecule has 0 radical (unpaired) electrons. The fourth-order valence-electron chi connectivity index (χ4n) is 3.13. The summed E-state index contributed by atoms with van der Waals surface area (Å²) < 4.78 is 0. The molecule has 0 amide bonds. The van der Waals surface area contributed by atoms with Crippen LogP contribution in [0.25, 0.3) is 22.3 Å². The third-order valence-corrected chi connectivity index (χ3v) is 4.58. The average Bonchev–Trinajstić information content (AvgIpc) is 2.55. The van der Waals surface area contributed by atoms with Gasteiger partial charge in [0.1, 0.15) is 0 Å². The van der Waals surface area contributed by atoms with E-state index in [1.807, 2.05) is 0 Å². The average molecular weight is 300 g/mol. The van der Waals surface area contributed by atoms with Gasteiger partial charge in [0.2, 0.25) is 0 Å². The zero-order chi connectivity index (χ0) is 16.4. The molecular formula is C23H24. The highest BCUT2D eigenvalue weighted by Gasteiger charge is 2.13. The van der Waals surface area contributed by atoms with Crippen LogP contribution >= 0.6 is 0 Å². The van der Waals surface area contributed by atoms with Crippen molar-refractivity contribution in [2.45, 2.75) is 33.6 Å². The van der Waals surface area contributed by atoms with Crippen LogP contribution in [0, 0.1) is 13.8 Å². The fourth-order valence-corrected chi connectivity index (χ4v) is 3.13. The molecule has 0 N–H and O–H groups in total. The highest BCUT2D eigenvalue weighted by molar-refractivity contribution is 5.86. The zero-order valence-corrected chi connectivity index (χ0v) is 14.4. The molecule has 0 heterocycles. The molecule has 0 nitrogen and oxygen atoms in total. The molecule has 0 heteroatoms. The highest BCUT2D eigenvalue weighted by atomic mass is 14.2. The Balaban J connectivity index is 2.29. The molecule has 0 aliphatic heterocycles. The van der Waals surface area contributed by atoms with Crippen molar-refractivity contribution in [2.24, 2.45) is 0 Å². The summed E-state index contributed by atoms with van der Waals surface area (Å²) in [6, 6.07) is 24.2. The fraction of sp³-hybridized carbons (Fsp3) is 0.217. The lowest BCUT2D eigenvalue weighted by molar-refractivity contribution is 0.867. The molecule has 0 spiro atoms. The molecule has 0 saturated heterocycles. The first kappa shape index (κ1) is 15.6. The first-order valence-corrected chi connectivity index (χ1v) is 8.34.